The molecule has 0 saturated carbocycles. The van der Waals surface area contributed by atoms with Crippen LogP contribution in [-0.4, -0.2) is 94.3 Å². The quantitative estimate of drug-likeness (QED) is 0.0384. The number of anilines is 2. The van der Waals surface area contributed by atoms with Crippen LogP contribution in [0.4, 0.5) is 15.9 Å². The van der Waals surface area contributed by atoms with Crippen molar-refractivity contribution in [1.29, 1.82) is 0 Å². The summed E-state index contributed by atoms with van der Waals surface area (Å²) < 4.78 is 20.9. The Balaban J connectivity index is 1.95. The minimum absolute atomic E-state index is 0.0249. The topological polar surface area (TPSA) is 213 Å². The Kier molecular flexibility index (Phi) is 21.1. The van der Waals surface area contributed by atoms with Crippen LogP contribution < -0.4 is 21.7 Å². The smallest absolute Gasteiger partial charge is 0.309 e. The number of aliphatic carboxylic acids is 1. The summed E-state index contributed by atoms with van der Waals surface area (Å²) in [6, 6.07) is 3.63. The van der Waals surface area contributed by atoms with Crippen LogP contribution in [-0.2, 0) is 39.9 Å². The second-order valence-electron chi connectivity index (χ2n) is 18.0. The zero-order valence-corrected chi connectivity index (χ0v) is 39.6. The fourth-order valence-electron chi connectivity index (χ4n) is 8.02. The second-order valence-corrected chi connectivity index (χ2v) is 18.9. The number of carbonyl (C=O) groups excluding carboxylic acids is 5. The Morgan fingerprint density at radius 2 is 1.78 bits per heavy atom. The molecule has 1 aromatic heterocycles. The van der Waals surface area contributed by atoms with E-state index in [0.717, 1.165) is 62.8 Å². The summed E-state index contributed by atoms with van der Waals surface area (Å²) in [5.41, 5.74) is 4.34. The Labute approximate surface area is 376 Å². The summed E-state index contributed by atoms with van der Waals surface area (Å²) in [5.74, 6) is -6.14. The van der Waals surface area contributed by atoms with Gasteiger partial charge in [-0.3, -0.25) is 33.7 Å². The predicted octanol–water partition coefficient (Wildman–Crippen LogP) is 7.13. The largest absolute Gasteiger partial charge is 0.481 e. The van der Waals surface area contributed by atoms with Gasteiger partial charge in [0.15, 0.2) is 6.10 Å². The number of carbonyl (C=O) groups is 6. The summed E-state index contributed by atoms with van der Waals surface area (Å²) in [6.45, 7) is 15.3. The molecule has 3 rings (SSSR count). The second kappa shape index (κ2) is 25.1. The van der Waals surface area contributed by atoms with Gasteiger partial charge in [-0.1, -0.05) is 66.4 Å². The number of carboxylic acids is 1. The van der Waals surface area contributed by atoms with E-state index in [-0.39, 0.29) is 67.1 Å². The fourth-order valence-corrected chi connectivity index (χ4v) is 8.81. The van der Waals surface area contributed by atoms with Crippen molar-refractivity contribution >= 4 is 58.4 Å². The number of nitrogens with two attached hydrogens (primary N) is 1. The third kappa shape index (κ3) is 15.9. The average molecular weight is 902 g/mol. The summed E-state index contributed by atoms with van der Waals surface area (Å²) in [5, 5.41) is 20.3. The van der Waals surface area contributed by atoms with E-state index in [4.69, 9.17) is 10.5 Å². The van der Waals surface area contributed by atoms with E-state index < -0.39 is 59.0 Å². The maximum atomic E-state index is 15.0. The molecular weight excluding hydrogens is 830 g/mol. The van der Waals surface area contributed by atoms with Crippen LogP contribution in [0.1, 0.15) is 136 Å². The number of likely N-dealkylation sites (tertiary alicyclic amines) is 1. The number of halogens is 1. The first-order valence-electron chi connectivity index (χ1n) is 22.5. The Morgan fingerprint density at radius 1 is 1.06 bits per heavy atom. The first kappa shape index (κ1) is 52.9. The molecule has 1 aliphatic rings. The van der Waals surface area contributed by atoms with E-state index >= 15 is 0 Å². The summed E-state index contributed by atoms with van der Waals surface area (Å²) in [7, 11) is 1.99. The van der Waals surface area contributed by atoms with Crippen molar-refractivity contribution in [3.05, 3.63) is 40.0 Å². The number of thiazole rings is 1. The van der Waals surface area contributed by atoms with Crippen LogP contribution in [0, 0.1) is 34.9 Å². The molecule has 0 spiro atoms. The van der Waals surface area contributed by atoms with Gasteiger partial charge < -0.3 is 36.4 Å². The highest BCUT2D eigenvalue weighted by atomic mass is 32.1. The maximum absolute atomic E-state index is 15.0. The normalized spacial score (nSPS) is 16.9. The van der Waals surface area contributed by atoms with Crippen LogP contribution in [0.5, 0.6) is 0 Å². The standard InChI is InChI=1S/C46H72FN7O8S/c1-10-12-13-15-21-54(44(59)40(29(5)11-2)42(58)52-38-17-14-16-20-53(38)9)35(28(3)4)24-36(62-30(6)55)43-51-37(27-63-43)50-41(57)32(25-46(7,8)45(60)61)22-31-18-19-34(33(47)23-31)49-39(56)26-48/h18-19,23,27-29,32,35-36,38,40H,10-17,20-22,24-26,48H2,1-9H3,(H,49,56)(H,50,57)(H,52,58)(H,60,61)/t29-,32-,35+,36+,38+,40-/m0/s1. The maximum Gasteiger partial charge on any atom is 0.309 e. The lowest BCUT2D eigenvalue weighted by Gasteiger charge is -2.40. The van der Waals surface area contributed by atoms with E-state index in [1.807, 2.05) is 39.6 Å². The molecule has 1 aromatic carbocycles. The molecule has 0 bridgehead atoms. The van der Waals surface area contributed by atoms with Crippen LogP contribution in [0.3, 0.4) is 0 Å². The average Bonchev–Trinajstić information content (AvgIpc) is 3.69. The van der Waals surface area contributed by atoms with Crippen molar-refractivity contribution in [2.45, 2.75) is 144 Å². The van der Waals surface area contributed by atoms with E-state index in [9.17, 15) is 38.3 Å². The van der Waals surface area contributed by atoms with Crippen molar-refractivity contribution in [1.82, 2.24) is 20.1 Å². The van der Waals surface area contributed by atoms with Gasteiger partial charge in [-0.05, 0) is 95.5 Å². The summed E-state index contributed by atoms with van der Waals surface area (Å²) >= 11 is 1.16. The Bertz CT molecular complexity index is 1860. The number of hydrogen-bond acceptors (Lipinski definition) is 11. The highest BCUT2D eigenvalue weighted by molar-refractivity contribution is 7.10. The van der Waals surface area contributed by atoms with Gasteiger partial charge in [0.25, 0.3) is 0 Å². The number of ether oxygens (including phenoxy) is 1. The summed E-state index contributed by atoms with van der Waals surface area (Å²) in [4.78, 5) is 88.2. The van der Waals surface area contributed by atoms with Gasteiger partial charge in [-0.2, -0.15) is 0 Å². The van der Waals surface area contributed by atoms with Gasteiger partial charge in [0, 0.05) is 37.2 Å². The van der Waals surface area contributed by atoms with Gasteiger partial charge >= 0.3 is 11.9 Å². The molecule has 1 saturated heterocycles. The van der Waals surface area contributed by atoms with Crippen molar-refractivity contribution in [2.24, 2.45) is 34.8 Å². The number of esters is 1. The minimum Gasteiger partial charge on any atom is -0.481 e. The van der Waals surface area contributed by atoms with Crippen molar-refractivity contribution in [2.75, 3.05) is 37.3 Å². The number of hydrogen-bond donors (Lipinski definition) is 5. The highest BCUT2D eigenvalue weighted by Crippen LogP contribution is 2.35. The van der Waals surface area contributed by atoms with Gasteiger partial charge in [0.05, 0.1) is 23.8 Å². The highest BCUT2D eigenvalue weighted by Gasteiger charge is 2.41. The number of nitrogens with zero attached hydrogens (tertiary/aromatic N) is 3. The number of rotatable bonds is 25. The number of benzene rings is 1. The van der Waals surface area contributed by atoms with Gasteiger partial charge in [0.2, 0.25) is 23.6 Å². The minimum atomic E-state index is -1.32. The Morgan fingerprint density at radius 3 is 2.37 bits per heavy atom. The number of aromatic nitrogens is 1. The molecule has 2 aromatic rings. The molecule has 6 atom stereocenters. The molecule has 0 radical (unpaired) electrons. The summed E-state index contributed by atoms with van der Waals surface area (Å²) in [6.07, 6.45) is 6.11. The molecule has 4 amide bonds. The molecule has 0 unspecified atom stereocenters. The fraction of sp³-hybridized carbons (Fsp3) is 0.674. The first-order chi connectivity index (χ1) is 29.7. The molecule has 1 aliphatic heterocycles. The van der Waals surface area contributed by atoms with Crippen LogP contribution >= 0.6 is 11.3 Å². The first-order valence-corrected chi connectivity index (χ1v) is 23.4. The lowest BCUT2D eigenvalue weighted by Crippen LogP contribution is -2.56. The predicted molar refractivity (Wildman–Crippen MR) is 243 cm³/mol. The lowest BCUT2D eigenvalue weighted by molar-refractivity contribution is -0.151. The SMILES string of the molecule is CCCCCCN(C(=O)[C@H](C(=O)N[C@H]1CCCCN1C)[C@@H](C)CC)[C@H](C[C@@H](OC(C)=O)c1nc(NC(=O)[C@@H](Cc2ccc(NC(=O)CN)c(F)c2)CC(C)(C)C(=O)O)cs1)C(C)C. The van der Waals surface area contributed by atoms with Gasteiger partial charge in [0.1, 0.15) is 22.6 Å². The molecule has 63 heavy (non-hydrogen) atoms. The lowest BCUT2D eigenvalue weighted by atomic mass is 9.80. The molecule has 0 aliphatic carbocycles. The molecule has 6 N–H and O–H groups in total. The monoisotopic (exact) mass is 902 g/mol. The zero-order chi connectivity index (χ0) is 47.0. The van der Waals surface area contributed by atoms with E-state index in [1.54, 1.807) is 11.4 Å². The van der Waals surface area contributed by atoms with Crippen LogP contribution in [0.25, 0.3) is 0 Å². The van der Waals surface area contributed by atoms with Crippen molar-refractivity contribution in [3.8, 4) is 0 Å². The third-order valence-electron chi connectivity index (χ3n) is 12.0. The number of carboxylic acid groups (broad SMARTS) is 1. The number of nitrogens with one attached hydrogen (secondary N) is 3. The number of piperidine rings is 1. The zero-order valence-electron chi connectivity index (χ0n) is 38.8. The van der Waals surface area contributed by atoms with E-state index in [0.29, 0.717) is 23.5 Å². The van der Waals surface area contributed by atoms with Crippen molar-refractivity contribution in [3.63, 3.8) is 0 Å². The number of unbranched alkanes of at least 4 members (excludes halogenated alkanes) is 3. The van der Waals surface area contributed by atoms with Crippen molar-refractivity contribution < 1.29 is 43.0 Å². The van der Waals surface area contributed by atoms with Crippen LogP contribution in [0.15, 0.2) is 23.6 Å². The molecule has 15 nitrogen and oxygen atoms in total. The van der Waals surface area contributed by atoms with Gasteiger partial charge in [-0.25, -0.2) is 9.37 Å². The molecule has 352 valence electrons. The third-order valence-corrected chi connectivity index (χ3v) is 13.0. The molecule has 2 heterocycles. The van der Waals surface area contributed by atoms with Gasteiger partial charge in [-0.15, -0.1) is 11.3 Å². The van der Waals surface area contributed by atoms with E-state index in [1.165, 1.54) is 32.9 Å². The molecular formula is C46H72FN7O8S. The Hall–Kier alpha value is -4.48. The van der Waals surface area contributed by atoms with E-state index in [2.05, 4.69) is 32.8 Å². The van der Waals surface area contributed by atoms with Crippen LogP contribution in [0.2, 0.25) is 0 Å². The molecule has 1 fully saturated rings. The molecule has 17 heteroatoms. The number of amides is 4.